The molecular weight excluding hydrogens is 236 g/mol. The molecule has 3 rings (SSSR count). The number of hydrogen-bond donors (Lipinski definition) is 2. The number of fused-ring (bicyclic) bond motifs is 1. The van der Waals surface area contributed by atoms with Gasteiger partial charge in [-0.3, -0.25) is 5.10 Å². The Morgan fingerprint density at radius 1 is 1.41 bits per heavy atom. The normalized spacial score (nSPS) is 11.2. The summed E-state index contributed by atoms with van der Waals surface area (Å²) in [6, 6.07) is 7.83. The average molecular weight is 247 g/mol. The molecule has 0 aliphatic carbocycles. The highest BCUT2D eigenvalue weighted by Gasteiger charge is 2.12. The SMILES string of the molecule is Cn1cc(Cl)c2c(-c3cc(N)n[nH]3)cccc21. The lowest BCUT2D eigenvalue weighted by Crippen LogP contribution is -1.84. The van der Waals surface area contributed by atoms with Gasteiger partial charge in [0.15, 0.2) is 0 Å². The minimum Gasteiger partial charge on any atom is -0.382 e. The van der Waals surface area contributed by atoms with E-state index in [-0.39, 0.29) is 0 Å². The van der Waals surface area contributed by atoms with Crippen molar-refractivity contribution in [2.24, 2.45) is 7.05 Å². The number of hydrogen-bond acceptors (Lipinski definition) is 2. The van der Waals surface area contributed by atoms with Gasteiger partial charge in [0, 0.05) is 35.8 Å². The number of nitrogen functional groups attached to an aromatic ring is 1. The van der Waals surface area contributed by atoms with Crippen molar-refractivity contribution in [2.75, 3.05) is 5.73 Å². The van der Waals surface area contributed by atoms with Gasteiger partial charge in [-0.2, -0.15) is 5.10 Å². The predicted octanol–water partition coefficient (Wildman–Crippen LogP) is 2.80. The van der Waals surface area contributed by atoms with Gasteiger partial charge in [0.05, 0.1) is 10.7 Å². The lowest BCUT2D eigenvalue weighted by Gasteiger charge is -2.01. The Balaban J connectivity index is 2.37. The molecule has 1 aromatic carbocycles. The van der Waals surface area contributed by atoms with E-state index in [0.29, 0.717) is 5.82 Å². The molecule has 0 saturated carbocycles. The van der Waals surface area contributed by atoms with Crippen molar-refractivity contribution in [1.29, 1.82) is 0 Å². The van der Waals surface area contributed by atoms with Crippen molar-refractivity contribution in [2.45, 2.75) is 0 Å². The van der Waals surface area contributed by atoms with Crippen LogP contribution in [0.1, 0.15) is 0 Å². The molecule has 4 nitrogen and oxygen atoms in total. The number of aromatic nitrogens is 3. The molecule has 5 heteroatoms. The van der Waals surface area contributed by atoms with Gasteiger partial charge in [-0.25, -0.2) is 0 Å². The molecule has 86 valence electrons. The first kappa shape index (κ1) is 10.2. The minimum atomic E-state index is 0.476. The van der Waals surface area contributed by atoms with E-state index >= 15 is 0 Å². The summed E-state index contributed by atoms with van der Waals surface area (Å²) in [5, 5.41) is 8.59. The summed E-state index contributed by atoms with van der Waals surface area (Å²) in [6.45, 7) is 0. The zero-order valence-corrected chi connectivity index (χ0v) is 9.99. The number of aryl methyl sites for hydroxylation is 1. The molecule has 0 atom stereocenters. The second-order valence-corrected chi connectivity index (χ2v) is 4.40. The third-order valence-electron chi connectivity index (χ3n) is 2.86. The van der Waals surface area contributed by atoms with Gasteiger partial charge in [-0.1, -0.05) is 23.7 Å². The number of rotatable bonds is 1. The van der Waals surface area contributed by atoms with Crippen molar-refractivity contribution in [3.8, 4) is 11.3 Å². The topological polar surface area (TPSA) is 59.6 Å². The molecule has 3 aromatic rings. The van der Waals surface area contributed by atoms with Gasteiger partial charge >= 0.3 is 0 Å². The van der Waals surface area contributed by atoms with Crippen LogP contribution in [0.15, 0.2) is 30.5 Å². The molecule has 0 bridgehead atoms. The highest BCUT2D eigenvalue weighted by Crippen LogP contribution is 2.34. The largest absolute Gasteiger partial charge is 0.382 e. The van der Waals surface area contributed by atoms with E-state index in [1.807, 2.05) is 36.0 Å². The van der Waals surface area contributed by atoms with Crippen LogP contribution in [0.25, 0.3) is 22.2 Å². The molecule has 0 fully saturated rings. The Kier molecular flexibility index (Phi) is 2.12. The van der Waals surface area contributed by atoms with Crippen LogP contribution in [-0.2, 0) is 7.05 Å². The van der Waals surface area contributed by atoms with Gasteiger partial charge < -0.3 is 10.3 Å². The Morgan fingerprint density at radius 3 is 2.94 bits per heavy atom. The first-order valence-corrected chi connectivity index (χ1v) is 5.59. The van der Waals surface area contributed by atoms with Gasteiger partial charge in [-0.05, 0) is 6.07 Å². The highest BCUT2D eigenvalue weighted by molar-refractivity contribution is 6.36. The highest BCUT2D eigenvalue weighted by atomic mass is 35.5. The van der Waals surface area contributed by atoms with Crippen LogP contribution in [0.3, 0.4) is 0 Å². The van der Waals surface area contributed by atoms with E-state index in [1.165, 1.54) is 0 Å². The van der Waals surface area contributed by atoms with Gasteiger partial charge in [-0.15, -0.1) is 0 Å². The summed E-state index contributed by atoms with van der Waals surface area (Å²) in [7, 11) is 1.97. The molecule has 0 saturated heterocycles. The number of aromatic amines is 1. The number of nitrogens with zero attached hydrogens (tertiary/aromatic N) is 2. The molecule has 0 spiro atoms. The number of H-pyrrole nitrogens is 1. The molecule has 0 unspecified atom stereocenters. The standard InChI is InChI=1S/C12H11ClN4/c1-17-6-8(13)12-7(3-2-4-10(12)17)9-5-11(14)16-15-9/h2-6H,1H3,(H3,14,15,16). The first-order valence-electron chi connectivity index (χ1n) is 5.21. The molecule has 0 aliphatic heterocycles. The third kappa shape index (κ3) is 1.49. The summed E-state index contributed by atoms with van der Waals surface area (Å²) in [6.07, 6.45) is 1.90. The fourth-order valence-corrected chi connectivity index (χ4v) is 2.43. The molecule has 3 N–H and O–H groups in total. The summed E-state index contributed by atoms with van der Waals surface area (Å²) in [4.78, 5) is 0. The van der Waals surface area contributed by atoms with Crippen LogP contribution >= 0.6 is 11.6 Å². The van der Waals surface area contributed by atoms with Gasteiger partial charge in [0.1, 0.15) is 5.82 Å². The lowest BCUT2D eigenvalue weighted by molar-refractivity contribution is 0.969. The van der Waals surface area contributed by atoms with Gasteiger partial charge in [0.25, 0.3) is 0 Å². The van der Waals surface area contributed by atoms with Crippen molar-refractivity contribution in [3.05, 3.63) is 35.5 Å². The van der Waals surface area contributed by atoms with Crippen LogP contribution in [0.5, 0.6) is 0 Å². The molecule has 17 heavy (non-hydrogen) atoms. The number of nitrogens with one attached hydrogen (secondary N) is 1. The zero-order chi connectivity index (χ0) is 12.0. The lowest BCUT2D eigenvalue weighted by atomic mass is 10.1. The minimum absolute atomic E-state index is 0.476. The molecule has 2 heterocycles. The van der Waals surface area contributed by atoms with E-state index in [4.69, 9.17) is 17.3 Å². The van der Waals surface area contributed by atoms with Crippen molar-refractivity contribution in [1.82, 2.24) is 14.8 Å². The van der Waals surface area contributed by atoms with Crippen LogP contribution in [0.4, 0.5) is 5.82 Å². The maximum absolute atomic E-state index is 6.25. The number of nitrogens with two attached hydrogens (primary N) is 1. The fraction of sp³-hybridized carbons (Fsp3) is 0.0833. The van der Waals surface area contributed by atoms with E-state index < -0.39 is 0 Å². The first-order chi connectivity index (χ1) is 8.16. The fourth-order valence-electron chi connectivity index (χ4n) is 2.09. The Morgan fingerprint density at radius 2 is 2.24 bits per heavy atom. The molecule has 0 amide bonds. The third-order valence-corrected chi connectivity index (χ3v) is 3.14. The summed E-state index contributed by atoms with van der Waals surface area (Å²) in [5.41, 5.74) is 8.59. The van der Waals surface area contributed by atoms with Crippen LogP contribution in [-0.4, -0.2) is 14.8 Å². The van der Waals surface area contributed by atoms with Crippen molar-refractivity contribution in [3.63, 3.8) is 0 Å². The van der Waals surface area contributed by atoms with Crippen LogP contribution in [0.2, 0.25) is 5.02 Å². The number of halogens is 1. The second kappa shape index (κ2) is 3.53. The van der Waals surface area contributed by atoms with E-state index in [1.54, 1.807) is 6.07 Å². The monoisotopic (exact) mass is 246 g/mol. The van der Waals surface area contributed by atoms with Crippen LogP contribution in [0, 0.1) is 0 Å². The van der Waals surface area contributed by atoms with Crippen LogP contribution < -0.4 is 5.73 Å². The van der Waals surface area contributed by atoms with Gasteiger partial charge in [0.2, 0.25) is 0 Å². The summed E-state index contributed by atoms with van der Waals surface area (Å²) in [5.74, 6) is 0.476. The van der Waals surface area contributed by atoms with E-state index in [2.05, 4.69) is 10.2 Å². The van der Waals surface area contributed by atoms with Crippen molar-refractivity contribution >= 4 is 28.3 Å². The smallest absolute Gasteiger partial charge is 0.145 e. The number of anilines is 1. The Hall–Kier alpha value is -1.94. The zero-order valence-electron chi connectivity index (χ0n) is 9.24. The predicted molar refractivity (Wildman–Crippen MR) is 69.9 cm³/mol. The van der Waals surface area contributed by atoms with Crippen molar-refractivity contribution < 1.29 is 0 Å². The second-order valence-electron chi connectivity index (χ2n) is 3.99. The molecule has 2 aromatic heterocycles. The van der Waals surface area contributed by atoms with E-state index in [9.17, 15) is 0 Å². The summed E-state index contributed by atoms with van der Waals surface area (Å²) >= 11 is 6.25. The maximum atomic E-state index is 6.25. The quantitative estimate of drug-likeness (QED) is 0.694. The van der Waals surface area contributed by atoms with E-state index in [0.717, 1.165) is 27.2 Å². The molecular formula is C12H11ClN4. The maximum Gasteiger partial charge on any atom is 0.145 e. The Labute approximate surface area is 103 Å². The summed E-state index contributed by atoms with van der Waals surface area (Å²) < 4.78 is 2.00. The molecule has 0 aliphatic rings. The molecule has 0 radical (unpaired) electrons. The average Bonchev–Trinajstić information content (AvgIpc) is 2.85. The number of benzene rings is 1. The Bertz CT molecular complexity index is 696.